The fourth-order valence-electron chi connectivity index (χ4n) is 1.49. The van der Waals surface area contributed by atoms with Crippen LogP contribution in [0.3, 0.4) is 0 Å². The van der Waals surface area contributed by atoms with Crippen LogP contribution in [0.15, 0.2) is 24.5 Å². The lowest BCUT2D eigenvalue weighted by Crippen LogP contribution is -2.28. The van der Waals surface area contributed by atoms with Crippen molar-refractivity contribution in [3.05, 3.63) is 30.1 Å². The zero-order valence-electron chi connectivity index (χ0n) is 7.83. The van der Waals surface area contributed by atoms with Gasteiger partial charge in [-0.05, 0) is 31.5 Å². The Labute approximate surface area is 77.0 Å². The smallest absolute Gasteiger partial charge is 0.137 e. The van der Waals surface area contributed by atoms with Crippen molar-refractivity contribution in [2.75, 3.05) is 0 Å². The Balaban J connectivity index is 2.72. The van der Waals surface area contributed by atoms with Crippen molar-refractivity contribution >= 4 is 11.0 Å². The minimum absolute atomic E-state index is 0.318. The minimum Gasteiger partial charge on any atom is -0.346 e. The largest absolute Gasteiger partial charge is 0.346 e. The first-order valence-electron chi connectivity index (χ1n) is 4.30. The number of nitrogens with one attached hydrogen (secondary N) is 1. The molecule has 2 aromatic heterocycles. The summed E-state index contributed by atoms with van der Waals surface area (Å²) in [5.74, 6) is 0. The van der Waals surface area contributed by atoms with Gasteiger partial charge in [0.2, 0.25) is 0 Å². The second-order valence-electron chi connectivity index (χ2n) is 3.82. The molecule has 68 valence electrons. The van der Waals surface area contributed by atoms with Crippen molar-refractivity contribution in [1.29, 1.82) is 0 Å². The molecule has 0 aromatic carbocycles. The van der Waals surface area contributed by atoms with Crippen molar-refractivity contribution in [2.45, 2.75) is 19.4 Å². The summed E-state index contributed by atoms with van der Waals surface area (Å²) in [5, 5.41) is 1.11. The van der Waals surface area contributed by atoms with E-state index in [0.29, 0.717) is 0 Å². The van der Waals surface area contributed by atoms with Gasteiger partial charge in [0.25, 0.3) is 0 Å². The van der Waals surface area contributed by atoms with E-state index >= 15 is 0 Å². The van der Waals surface area contributed by atoms with Gasteiger partial charge in [0.05, 0.1) is 0 Å². The van der Waals surface area contributed by atoms with E-state index in [1.807, 2.05) is 32.2 Å². The number of hydrogen-bond donors (Lipinski definition) is 2. The van der Waals surface area contributed by atoms with E-state index in [-0.39, 0.29) is 5.54 Å². The third-order valence-corrected chi connectivity index (χ3v) is 2.15. The normalized spacial score (nSPS) is 12.2. The highest BCUT2D eigenvalue weighted by Crippen LogP contribution is 2.24. The summed E-state index contributed by atoms with van der Waals surface area (Å²) < 4.78 is 0. The van der Waals surface area contributed by atoms with E-state index in [1.54, 1.807) is 6.20 Å². The number of nitrogens with zero attached hydrogens (tertiary/aromatic N) is 1. The molecule has 0 saturated heterocycles. The van der Waals surface area contributed by atoms with E-state index in [1.165, 1.54) is 0 Å². The van der Waals surface area contributed by atoms with Crippen LogP contribution >= 0.6 is 0 Å². The Bertz CT molecular complexity index is 423. The van der Waals surface area contributed by atoms with E-state index < -0.39 is 0 Å². The molecule has 0 unspecified atom stereocenters. The summed E-state index contributed by atoms with van der Waals surface area (Å²) in [6.45, 7) is 3.98. The maximum Gasteiger partial charge on any atom is 0.137 e. The lowest BCUT2D eigenvalue weighted by molar-refractivity contribution is 0.559. The number of fused-ring (bicyclic) bond motifs is 1. The summed E-state index contributed by atoms with van der Waals surface area (Å²) >= 11 is 0. The van der Waals surface area contributed by atoms with Crippen LogP contribution in [0.25, 0.3) is 11.0 Å². The van der Waals surface area contributed by atoms with E-state index in [2.05, 4.69) is 9.97 Å². The number of hydrogen-bond acceptors (Lipinski definition) is 2. The minimum atomic E-state index is -0.318. The van der Waals surface area contributed by atoms with E-state index in [0.717, 1.165) is 16.6 Å². The molecule has 0 atom stereocenters. The summed E-state index contributed by atoms with van der Waals surface area (Å²) in [6, 6.07) is 3.95. The number of pyridine rings is 1. The van der Waals surface area contributed by atoms with Crippen molar-refractivity contribution < 1.29 is 0 Å². The molecular formula is C10H13N3. The second kappa shape index (κ2) is 2.57. The van der Waals surface area contributed by atoms with Crippen molar-refractivity contribution in [3.8, 4) is 0 Å². The van der Waals surface area contributed by atoms with Crippen LogP contribution < -0.4 is 5.73 Å². The topological polar surface area (TPSA) is 54.7 Å². The molecule has 2 heterocycles. The van der Waals surface area contributed by atoms with Gasteiger partial charge >= 0.3 is 0 Å². The van der Waals surface area contributed by atoms with Crippen LogP contribution in [0.4, 0.5) is 0 Å². The zero-order valence-corrected chi connectivity index (χ0v) is 7.83. The van der Waals surface area contributed by atoms with E-state index in [9.17, 15) is 0 Å². The molecule has 3 N–H and O–H groups in total. The molecule has 0 saturated carbocycles. The third-order valence-electron chi connectivity index (χ3n) is 2.15. The molecule has 0 radical (unpaired) electrons. The fraction of sp³-hybridized carbons (Fsp3) is 0.300. The Morgan fingerprint density at radius 1 is 1.46 bits per heavy atom. The molecule has 0 aliphatic heterocycles. The molecule has 0 bridgehead atoms. The molecule has 2 aromatic rings. The van der Waals surface area contributed by atoms with Crippen LogP contribution in [-0.4, -0.2) is 9.97 Å². The van der Waals surface area contributed by atoms with E-state index in [4.69, 9.17) is 5.73 Å². The first-order chi connectivity index (χ1) is 6.09. The van der Waals surface area contributed by atoms with Gasteiger partial charge in [-0.2, -0.15) is 0 Å². The maximum absolute atomic E-state index is 6.02. The second-order valence-corrected chi connectivity index (χ2v) is 3.82. The summed E-state index contributed by atoms with van der Waals surface area (Å²) in [6.07, 6.45) is 3.70. The van der Waals surface area contributed by atoms with Gasteiger partial charge < -0.3 is 10.7 Å². The Kier molecular flexibility index (Phi) is 1.63. The van der Waals surface area contributed by atoms with Gasteiger partial charge in [0.15, 0.2) is 0 Å². The molecule has 0 aliphatic rings. The summed E-state index contributed by atoms with van der Waals surface area (Å²) in [4.78, 5) is 7.31. The molecule has 3 heteroatoms. The highest BCUT2D eigenvalue weighted by Gasteiger charge is 2.18. The average Bonchev–Trinajstić information content (AvgIpc) is 2.45. The maximum atomic E-state index is 6.02. The Morgan fingerprint density at radius 3 is 2.92 bits per heavy atom. The van der Waals surface area contributed by atoms with Gasteiger partial charge in [-0.15, -0.1) is 0 Å². The monoisotopic (exact) mass is 175 g/mol. The highest BCUT2D eigenvalue weighted by atomic mass is 14.9. The first-order valence-corrected chi connectivity index (χ1v) is 4.30. The summed E-state index contributed by atoms with van der Waals surface area (Å²) in [5.41, 5.74) is 7.71. The molecular weight excluding hydrogens is 162 g/mol. The van der Waals surface area contributed by atoms with Gasteiger partial charge in [-0.3, -0.25) is 0 Å². The SMILES string of the molecule is CC(C)(N)c1c[nH]c2ncccc12. The average molecular weight is 175 g/mol. The predicted molar refractivity (Wildman–Crippen MR) is 53.3 cm³/mol. The van der Waals surface area contributed by atoms with Crippen molar-refractivity contribution in [2.24, 2.45) is 5.73 Å². The quantitative estimate of drug-likeness (QED) is 0.693. The van der Waals surface area contributed by atoms with Crippen LogP contribution in [0.5, 0.6) is 0 Å². The molecule has 13 heavy (non-hydrogen) atoms. The van der Waals surface area contributed by atoms with Crippen LogP contribution in [0.2, 0.25) is 0 Å². The van der Waals surface area contributed by atoms with Gasteiger partial charge in [0, 0.05) is 23.3 Å². The first kappa shape index (κ1) is 8.26. The van der Waals surface area contributed by atoms with Crippen LogP contribution in [-0.2, 0) is 5.54 Å². The molecule has 2 rings (SSSR count). The number of aromatic nitrogens is 2. The number of rotatable bonds is 1. The fourth-order valence-corrected chi connectivity index (χ4v) is 1.49. The third kappa shape index (κ3) is 1.31. The molecule has 0 amide bonds. The van der Waals surface area contributed by atoms with Crippen LogP contribution in [0.1, 0.15) is 19.4 Å². The number of nitrogens with two attached hydrogens (primary N) is 1. The number of aromatic amines is 1. The standard InChI is InChI=1S/C10H13N3/c1-10(2,11)8-6-13-9-7(8)4-3-5-12-9/h3-6H,11H2,1-2H3,(H,12,13). The lowest BCUT2D eigenvalue weighted by atomic mass is 9.96. The summed E-state index contributed by atoms with van der Waals surface area (Å²) in [7, 11) is 0. The Hall–Kier alpha value is -1.35. The molecule has 0 spiro atoms. The van der Waals surface area contributed by atoms with Gasteiger partial charge in [-0.25, -0.2) is 4.98 Å². The lowest BCUT2D eigenvalue weighted by Gasteiger charge is -2.17. The van der Waals surface area contributed by atoms with Crippen molar-refractivity contribution in [3.63, 3.8) is 0 Å². The highest BCUT2D eigenvalue weighted by molar-refractivity contribution is 5.80. The van der Waals surface area contributed by atoms with Gasteiger partial charge in [0.1, 0.15) is 5.65 Å². The molecule has 3 nitrogen and oxygen atoms in total. The zero-order chi connectivity index (χ0) is 9.47. The molecule has 0 aliphatic carbocycles. The Morgan fingerprint density at radius 2 is 2.23 bits per heavy atom. The number of H-pyrrole nitrogens is 1. The van der Waals surface area contributed by atoms with Crippen molar-refractivity contribution in [1.82, 2.24) is 9.97 Å². The van der Waals surface area contributed by atoms with Gasteiger partial charge in [-0.1, -0.05) is 0 Å². The predicted octanol–water partition coefficient (Wildman–Crippen LogP) is 1.76. The molecule has 0 fully saturated rings. The van der Waals surface area contributed by atoms with Crippen LogP contribution in [0, 0.1) is 0 Å².